The first kappa shape index (κ1) is 11.8. The molecule has 1 aromatic rings. The van der Waals surface area contributed by atoms with Crippen LogP contribution in [0, 0.1) is 11.6 Å². The van der Waals surface area contributed by atoms with Crippen LogP contribution in [0.15, 0.2) is 12.1 Å². The highest BCUT2D eigenvalue weighted by atomic mass is 19.1. The second-order valence-corrected chi connectivity index (χ2v) is 4.04. The number of halogens is 2. The van der Waals surface area contributed by atoms with Gasteiger partial charge in [-0.15, -0.1) is 0 Å². The lowest BCUT2D eigenvalue weighted by Crippen LogP contribution is -2.23. The zero-order chi connectivity index (χ0) is 12.6. The molecule has 17 heavy (non-hydrogen) atoms. The van der Waals surface area contributed by atoms with Gasteiger partial charge in [-0.3, -0.25) is 4.79 Å². The van der Waals surface area contributed by atoms with Gasteiger partial charge in [-0.25, -0.2) is 8.78 Å². The predicted molar refractivity (Wildman–Crippen MR) is 55.8 cm³/mol. The van der Waals surface area contributed by atoms with Crippen molar-refractivity contribution in [1.29, 1.82) is 0 Å². The molecule has 0 radical (unpaired) electrons. The number of hydrogen-bond acceptors (Lipinski definition) is 3. The molecule has 1 aromatic carbocycles. The van der Waals surface area contributed by atoms with Crippen molar-refractivity contribution in [2.24, 2.45) is 0 Å². The highest BCUT2D eigenvalue weighted by Gasteiger charge is 2.54. The summed E-state index contributed by atoms with van der Waals surface area (Å²) in [5, 5.41) is 0. The third kappa shape index (κ3) is 1.75. The summed E-state index contributed by atoms with van der Waals surface area (Å²) >= 11 is 0. The normalized spacial score (nSPS) is 16.5. The summed E-state index contributed by atoms with van der Waals surface area (Å²) in [6, 6.07) is 1.96. The molecule has 1 fully saturated rings. The molecular formula is C12H12F2O3. The van der Waals surface area contributed by atoms with Crippen molar-refractivity contribution in [2.75, 3.05) is 14.2 Å². The molecule has 3 nitrogen and oxygen atoms in total. The fraction of sp³-hybridized carbons (Fsp3) is 0.417. The molecular weight excluding hydrogens is 230 g/mol. The molecule has 0 heterocycles. The van der Waals surface area contributed by atoms with Gasteiger partial charge in [0.1, 0.15) is 5.82 Å². The quantitative estimate of drug-likeness (QED) is 0.762. The molecule has 0 amide bonds. The molecule has 92 valence electrons. The van der Waals surface area contributed by atoms with E-state index in [2.05, 4.69) is 9.47 Å². The van der Waals surface area contributed by atoms with Crippen LogP contribution in [0.4, 0.5) is 8.78 Å². The van der Waals surface area contributed by atoms with E-state index < -0.39 is 23.0 Å². The van der Waals surface area contributed by atoms with Gasteiger partial charge in [0.25, 0.3) is 0 Å². The van der Waals surface area contributed by atoms with Crippen LogP contribution in [0.3, 0.4) is 0 Å². The van der Waals surface area contributed by atoms with Gasteiger partial charge in [-0.2, -0.15) is 0 Å². The molecule has 0 bridgehead atoms. The van der Waals surface area contributed by atoms with Crippen LogP contribution >= 0.6 is 0 Å². The fourth-order valence-corrected chi connectivity index (χ4v) is 1.96. The minimum absolute atomic E-state index is 0.0441. The van der Waals surface area contributed by atoms with Gasteiger partial charge in [0.2, 0.25) is 0 Å². The molecule has 2 rings (SSSR count). The van der Waals surface area contributed by atoms with Crippen LogP contribution in [0.5, 0.6) is 5.75 Å². The Morgan fingerprint density at radius 1 is 1.24 bits per heavy atom. The SMILES string of the molecule is COC(=O)C1(c2cc(F)c(OC)cc2F)CC1. The van der Waals surface area contributed by atoms with E-state index in [0.717, 1.165) is 12.1 Å². The van der Waals surface area contributed by atoms with Gasteiger partial charge in [0.05, 0.1) is 19.6 Å². The van der Waals surface area contributed by atoms with E-state index in [1.165, 1.54) is 14.2 Å². The van der Waals surface area contributed by atoms with Crippen LogP contribution in [-0.2, 0) is 14.9 Å². The summed E-state index contributed by atoms with van der Waals surface area (Å²) in [7, 11) is 2.49. The third-order valence-corrected chi connectivity index (χ3v) is 3.08. The Balaban J connectivity index is 2.47. The molecule has 0 unspecified atom stereocenters. The van der Waals surface area contributed by atoms with Crippen molar-refractivity contribution in [1.82, 2.24) is 0 Å². The Hall–Kier alpha value is -1.65. The maximum absolute atomic E-state index is 13.8. The topological polar surface area (TPSA) is 35.5 Å². The van der Waals surface area contributed by atoms with Crippen molar-refractivity contribution >= 4 is 5.97 Å². The second-order valence-electron chi connectivity index (χ2n) is 4.04. The standard InChI is InChI=1S/C12H12F2O3/c1-16-10-6-8(13)7(5-9(10)14)12(3-4-12)11(15)17-2/h5-6H,3-4H2,1-2H3. The Morgan fingerprint density at radius 3 is 2.35 bits per heavy atom. The van der Waals surface area contributed by atoms with E-state index in [0.29, 0.717) is 12.8 Å². The summed E-state index contributed by atoms with van der Waals surface area (Å²) in [5.41, 5.74) is -0.964. The number of methoxy groups -OCH3 is 2. The Bertz CT molecular complexity index is 467. The van der Waals surface area contributed by atoms with E-state index in [4.69, 9.17) is 0 Å². The van der Waals surface area contributed by atoms with Crippen molar-refractivity contribution < 1.29 is 23.0 Å². The van der Waals surface area contributed by atoms with E-state index in [1.54, 1.807) is 0 Å². The predicted octanol–water partition coefficient (Wildman–Crippen LogP) is 2.18. The highest BCUT2D eigenvalue weighted by molar-refractivity contribution is 5.86. The van der Waals surface area contributed by atoms with Gasteiger partial charge in [-0.1, -0.05) is 0 Å². The summed E-state index contributed by atoms with van der Waals surface area (Å²) in [5.74, 6) is -2.03. The first-order valence-electron chi connectivity index (χ1n) is 5.17. The van der Waals surface area contributed by atoms with Crippen LogP contribution in [0.25, 0.3) is 0 Å². The first-order chi connectivity index (χ1) is 8.05. The van der Waals surface area contributed by atoms with E-state index in [9.17, 15) is 13.6 Å². The monoisotopic (exact) mass is 242 g/mol. The molecule has 1 saturated carbocycles. The molecule has 1 aliphatic rings. The molecule has 5 heteroatoms. The largest absolute Gasteiger partial charge is 0.494 e. The Kier molecular flexibility index (Phi) is 2.77. The molecule has 0 spiro atoms. The minimum atomic E-state index is -1.01. The number of ether oxygens (including phenoxy) is 2. The van der Waals surface area contributed by atoms with Gasteiger partial charge in [0, 0.05) is 11.6 Å². The number of carbonyl (C=O) groups is 1. The van der Waals surface area contributed by atoms with Crippen LogP contribution in [0.1, 0.15) is 18.4 Å². The fourth-order valence-electron chi connectivity index (χ4n) is 1.96. The van der Waals surface area contributed by atoms with Crippen molar-refractivity contribution in [3.05, 3.63) is 29.3 Å². The number of carbonyl (C=O) groups excluding carboxylic acids is 1. The van der Waals surface area contributed by atoms with Crippen molar-refractivity contribution in [2.45, 2.75) is 18.3 Å². The smallest absolute Gasteiger partial charge is 0.316 e. The minimum Gasteiger partial charge on any atom is -0.494 e. The molecule has 0 N–H and O–H groups in total. The van der Waals surface area contributed by atoms with Crippen LogP contribution < -0.4 is 4.74 Å². The van der Waals surface area contributed by atoms with Gasteiger partial charge < -0.3 is 9.47 Å². The molecule has 0 aliphatic heterocycles. The van der Waals surface area contributed by atoms with Gasteiger partial charge in [0.15, 0.2) is 11.6 Å². The van der Waals surface area contributed by atoms with Gasteiger partial charge in [-0.05, 0) is 18.9 Å². The maximum Gasteiger partial charge on any atom is 0.316 e. The van der Waals surface area contributed by atoms with Crippen molar-refractivity contribution in [3.8, 4) is 5.75 Å². The molecule has 0 saturated heterocycles. The van der Waals surface area contributed by atoms with E-state index in [1.807, 2.05) is 0 Å². The molecule has 1 aliphatic carbocycles. The van der Waals surface area contributed by atoms with Crippen LogP contribution in [-0.4, -0.2) is 20.2 Å². The van der Waals surface area contributed by atoms with Gasteiger partial charge >= 0.3 is 5.97 Å². The summed E-state index contributed by atoms with van der Waals surface area (Å²) in [6.07, 6.45) is 0.949. The third-order valence-electron chi connectivity index (χ3n) is 3.08. The summed E-state index contributed by atoms with van der Waals surface area (Å²) in [4.78, 5) is 11.6. The lowest BCUT2D eigenvalue weighted by Gasteiger charge is -2.15. The highest BCUT2D eigenvalue weighted by Crippen LogP contribution is 2.50. The second kappa shape index (κ2) is 3.98. The zero-order valence-corrected chi connectivity index (χ0v) is 9.55. The van der Waals surface area contributed by atoms with E-state index in [-0.39, 0.29) is 11.3 Å². The zero-order valence-electron chi connectivity index (χ0n) is 9.55. The number of benzene rings is 1. The summed E-state index contributed by atoms with van der Waals surface area (Å²) < 4.78 is 36.6. The lowest BCUT2D eigenvalue weighted by atomic mass is 9.95. The maximum atomic E-state index is 13.8. The summed E-state index contributed by atoms with van der Waals surface area (Å²) in [6.45, 7) is 0. The average molecular weight is 242 g/mol. The number of hydrogen-bond donors (Lipinski definition) is 0. The number of esters is 1. The molecule has 0 aromatic heterocycles. The van der Waals surface area contributed by atoms with Crippen LogP contribution in [0.2, 0.25) is 0 Å². The van der Waals surface area contributed by atoms with Crippen molar-refractivity contribution in [3.63, 3.8) is 0 Å². The Morgan fingerprint density at radius 2 is 1.88 bits per heavy atom. The average Bonchev–Trinajstić information content (AvgIpc) is 3.11. The Labute approximate surface area is 97.3 Å². The van der Waals surface area contributed by atoms with E-state index >= 15 is 0 Å². The first-order valence-corrected chi connectivity index (χ1v) is 5.17. The lowest BCUT2D eigenvalue weighted by molar-refractivity contribution is -0.143. The number of rotatable bonds is 3. The molecule has 0 atom stereocenters.